The topological polar surface area (TPSA) is 39.1 Å². The average molecular weight is 324 g/mol. The second kappa shape index (κ2) is 6.21. The van der Waals surface area contributed by atoms with Crippen LogP contribution in [0.15, 0.2) is 35.1 Å². The lowest BCUT2D eigenvalue weighted by Gasteiger charge is -2.13. The van der Waals surface area contributed by atoms with Crippen molar-refractivity contribution in [3.63, 3.8) is 0 Å². The molecule has 5 heteroatoms. The van der Waals surface area contributed by atoms with Gasteiger partial charge in [-0.1, -0.05) is 35.8 Å². The molecule has 1 N–H and O–H groups in total. The van der Waals surface area contributed by atoms with Crippen LogP contribution >= 0.6 is 15.9 Å². The van der Waals surface area contributed by atoms with Gasteiger partial charge in [-0.2, -0.15) is 5.10 Å². The highest BCUT2D eigenvalue weighted by Crippen LogP contribution is 2.28. The lowest BCUT2D eigenvalue weighted by molar-refractivity contribution is 0.468. The molecule has 4 nitrogen and oxygen atoms in total. The van der Waals surface area contributed by atoms with Crippen molar-refractivity contribution < 1.29 is 4.74 Å². The number of hydrogen-bond donors (Lipinski definition) is 1. The molecule has 2 aromatic rings. The van der Waals surface area contributed by atoms with Crippen molar-refractivity contribution in [2.24, 2.45) is 7.05 Å². The fourth-order valence-corrected chi connectivity index (χ4v) is 2.00. The SMILES string of the molecule is CC(C)NCc1ccc(Br)cc1Oc1cnn(C)c1. The first-order valence-corrected chi connectivity index (χ1v) is 7.02. The summed E-state index contributed by atoms with van der Waals surface area (Å²) in [7, 11) is 1.87. The molecule has 102 valence electrons. The zero-order valence-corrected chi connectivity index (χ0v) is 12.9. The zero-order chi connectivity index (χ0) is 13.8. The summed E-state index contributed by atoms with van der Waals surface area (Å²) in [6.45, 7) is 5.03. The summed E-state index contributed by atoms with van der Waals surface area (Å²) in [6.07, 6.45) is 3.56. The quantitative estimate of drug-likeness (QED) is 0.915. The van der Waals surface area contributed by atoms with Crippen LogP contribution in [0.1, 0.15) is 19.4 Å². The number of aryl methyl sites for hydroxylation is 1. The summed E-state index contributed by atoms with van der Waals surface area (Å²) in [5.74, 6) is 1.59. The summed E-state index contributed by atoms with van der Waals surface area (Å²) in [4.78, 5) is 0. The molecule has 0 spiro atoms. The Bertz CT molecular complexity index is 551. The maximum Gasteiger partial charge on any atom is 0.165 e. The Kier molecular flexibility index (Phi) is 4.61. The lowest BCUT2D eigenvalue weighted by atomic mass is 10.2. The first-order valence-electron chi connectivity index (χ1n) is 6.23. The molecular weight excluding hydrogens is 306 g/mol. The monoisotopic (exact) mass is 323 g/mol. The number of halogens is 1. The van der Waals surface area contributed by atoms with E-state index in [1.807, 2.05) is 25.4 Å². The van der Waals surface area contributed by atoms with Gasteiger partial charge in [-0.15, -0.1) is 0 Å². The predicted molar refractivity (Wildman–Crippen MR) is 79.4 cm³/mol. The summed E-state index contributed by atoms with van der Waals surface area (Å²) >= 11 is 3.47. The summed E-state index contributed by atoms with van der Waals surface area (Å²) in [6, 6.07) is 6.50. The van der Waals surface area contributed by atoms with Gasteiger partial charge in [0.25, 0.3) is 0 Å². The molecular formula is C14H18BrN3O. The molecule has 1 aromatic carbocycles. The molecule has 0 radical (unpaired) electrons. The van der Waals surface area contributed by atoms with Crippen molar-refractivity contribution in [2.45, 2.75) is 26.4 Å². The first-order chi connectivity index (χ1) is 9.04. The number of aromatic nitrogens is 2. The van der Waals surface area contributed by atoms with Gasteiger partial charge in [0.05, 0.1) is 12.4 Å². The highest BCUT2D eigenvalue weighted by atomic mass is 79.9. The van der Waals surface area contributed by atoms with Gasteiger partial charge in [0, 0.05) is 29.7 Å². The van der Waals surface area contributed by atoms with Crippen molar-refractivity contribution in [3.8, 4) is 11.5 Å². The van der Waals surface area contributed by atoms with Crippen molar-refractivity contribution in [2.75, 3.05) is 0 Å². The molecule has 0 saturated carbocycles. The minimum atomic E-state index is 0.440. The van der Waals surface area contributed by atoms with Gasteiger partial charge in [0.1, 0.15) is 5.75 Å². The van der Waals surface area contributed by atoms with Crippen molar-refractivity contribution in [3.05, 3.63) is 40.6 Å². The van der Waals surface area contributed by atoms with E-state index >= 15 is 0 Å². The minimum Gasteiger partial charge on any atom is -0.454 e. The van der Waals surface area contributed by atoms with Gasteiger partial charge in [-0.05, 0) is 12.1 Å². The van der Waals surface area contributed by atoms with E-state index < -0.39 is 0 Å². The average Bonchev–Trinajstić information content (AvgIpc) is 2.73. The van der Waals surface area contributed by atoms with Gasteiger partial charge < -0.3 is 10.1 Å². The van der Waals surface area contributed by atoms with Gasteiger partial charge in [-0.25, -0.2) is 0 Å². The number of nitrogens with one attached hydrogen (secondary N) is 1. The van der Waals surface area contributed by atoms with Crippen LogP contribution in [0.25, 0.3) is 0 Å². The lowest BCUT2D eigenvalue weighted by Crippen LogP contribution is -2.22. The molecule has 1 heterocycles. The molecule has 1 aromatic heterocycles. The Morgan fingerprint density at radius 3 is 2.84 bits per heavy atom. The van der Waals surface area contributed by atoms with E-state index in [9.17, 15) is 0 Å². The molecule has 0 unspecified atom stereocenters. The third-order valence-electron chi connectivity index (χ3n) is 2.64. The normalized spacial score (nSPS) is 11.0. The fraction of sp³-hybridized carbons (Fsp3) is 0.357. The Balaban J connectivity index is 2.19. The molecule has 0 aliphatic rings. The minimum absolute atomic E-state index is 0.440. The van der Waals surface area contributed by atoms with E-state index in [4.69, 9.17) is 4.74 Å². The molecule has 19 heavy (non-hydrogen) atoms. The molecule has 0 aliphatic heterocycles. The van der Waals surface area contributed by atoms with E-state index in [1.165, 1.54) is 0 Å². The fourth-order valence-electron chi connectivity index (χ4n) is 1.66. The number of hydrogen-bond acceptors (Lipinski definition) is 3. The van der Waals surface area contributed by atoms with Crippen LogP contribution in [0.5, 0.6) is 11.5 Å². The summed E-state index contributed by atoms with van der Waals surface area (Å²) in [5, 5.41) is 7.50. The number of benzene rings is 1. The Labute approximate surface area is 121 Å². The number of nitrogens with zero attached hydrogens (tertiary/aromatic N) is 2. The third kappa shape index (κ3) is 4.08. The third-order valence-corrected chi connectivity index (χ3v) is 3.13. The summed E-state index contributed by atoms with van der Waals surface area (Å²) in [5.41, 5.74) is 1.13. The highest BCUT2D eigenvalue weighted by Gasteiger charge is 2.08. The van der Waals surface area contributed by atoms with Gasteiger partial charge in [0.15, 0.2) is 5.75 Å². The summed E-state index contributed by atoms with van der Waals surface area (Å²) < 4.78 is 8.61. The number of ether oxygens (including phenoxy) is 1. The maximum absolute atomic E-state index is 5.89. The van der Waals surface area contributed by atoms with E-state index in [-0.39, 0.29) is 0 Å². The van der Waals surface area contributed by atoms with Crippen molar-refractivity contribution in [1.29, 1.82) is 0 Å². The Morgan fingerprint density at radius 1 is 1.42 bits per heavy atom. The second-order valence-electron chi connectivity index (χ2n) is 4.74. The molecule has 0 atom stereocenters. The molecule has 0 aliphatic carbocycles. The smallest absolute Gasteiger partial charge is 0.165 e. The van der Waals surface area contributed by atoms with Crippen molar-refractivity contribution in [1.82, 2.24) is 15.1 Å². The molecule has 0 saturated heterocycles. The van der Waals surface area contributed by atoms with Crippen LogP contribution in [0.4, 0.5) is 0 Å². The van der Waals surface area contributed by atoms with Crippen LogP contribution in [0.3, 0.4) is 0 Å². The largest absolute Gasteiger partial charge is 0.454 e. The van der Waals surface area contributed by atoms with E-state index in [1.54, 1.807) is 10.9 Å². The van der Waals surface area contributed by atoms with Gasteiger partial charge in [0.2, 0.25) is 0 Å². The molecule has 0 amide bonds. The molecule has 2 rings (SSSR count). The molecule has 0 bridgehead atoms. The van der Waals surface area contributed by atoms with Crippen LogP contribution in [0.2, 0.25) is 0 Å². The second-order valence-corrected chi connectivity index (χ2v) is 5.66. The van der Waals surface area contributed by atoms with Gasteiger partial charge >= 0.3 is 0 Å². The van der Waals surface area contributed by atoms with Crippen LogP contribution in [-0.2, 0) is 13.6 Å². The van der Waals surface area contributed by atoms with E-state index in [0.717, 1.165) is 28.1 Å². The number of rotatable bonds is 5. The van der Waals surface area contributed by atoms with Crippen LogP contribution in [0, 0.1) is 0 Å². The van der Waals surface area contributed by atoms with Gasteiger partial charge in [-0.3, -0.25) is 4.68 Å². The van der Waals surface area contributed by atoms with Crippen LogP contribution in [-0.4, -0.2) is 15.8 Å². The van der Waals surface area contributed by atoms with E-state index in [2.05, 4.69) is 46.3 Å². The Hall–Kier alpha value is -1.33. The zero-order valence-electron chi connectivity index (χ0n) is 11.4. The van der Waals surface area contributed by atoms with Crippen LogP contribution < -0.4 is 10.1 Å². The van der Waals surface area contributed by atoms with E-state index in [0.29, 0.717) is 6.04 Å². The Morgan fingerprint density at radius 2 is 2.21 bits per heavy atom. The predicted octanol–water partition coefficient (Wildman–Crippen LogP) is 3.47. The standard InChI is InChI=1S/C14H18BrN3O/c1-10(2)16-7-11-4-5-12(15)6-14(11)19-13-8-17-18(3)9-13/h4-6,8-10,16H,7H2,1-3H3. The molecule has 0 fully saturated rings. The maximum atomic E-state index is 5.89. The first kappa shape index (κ1) is 14.1. The van der Waals surface area contributed by atoms with Crippen molar-refractivity contribution >= 4 is 15.9 Å². The highest BCUT2D eigenvalue weighted by molar-refractivity contribution is 9.10.